The third-order valence-corrected chi connectivity index (χ3v) is 2.57. The number of carbonyl (C=O) groups is 3. The van der Waals surface area contributed by atoms with E-state index < -0.39 is 30.8 Å². The number of hydrogen-bond donors (Lipinski definition) is 3. The first-order chi connectivity index (χ1) is 8.81. The molecule has 0 aliphatic rings. The highest BCUT2D eigenvalue weighted by Gasteiger charge is 2.20. The van der Waals surface area contributed by atoms with E-state index in [-0.39, 0.29) is 11.3 Å². The van der Waals surface area contributed by atoms with Crippen LogP contribution >= 0.6 is 11.6 Å². The minimum Gasteiger partial charge on any atom is -0.398 e. The smallest absolute Gasteiger partial charge is 0.254 e. The van der Waals surface area contributed by atoms with E-state index in [9.17, 15) is 14.4 Å². The topological polar surface area (TPSA) is 133 Å². The molecule has 0 bridgehead atoms. The van der Waals surface area contributed by atoms with E-state index in [2.05, 4.69) is 0 Å². The van der Waals surface area contributed by atoms with Crippen LogP contribution in [0, 0.1) is 0 Å². The molecule has 1 aromatic rings. The van der Waals surface area contributed by atoms with Gasteiger partial charge in [0.15, 0.2) is 0 Å². The Bertz CT molecular complexity index is 517. The van der Waals surface area contributed by atoms with Gasteiger partial charge in [0.25, 0.3) is 5.91 Å². The van der Waals surface area contributed by atoms with Crippen molar-refractivity contribution >= 4 is 35.0 Å². The van der Waals surface area contributed by atoms with E-state index in [0.717, 1.165) is 4.90 Å². The molecule has 0 heterocycles. The molecule has 3 amide bonds. The zero-order valence-electron chi connectivity index (χ0n) is 9.93. The molecule has 6 N–H and O–H groups in total. The summed E-state index contributed by atoms with van der Waals surface area (Å²) in [6, 6.07) is 4.21. The van der Waals surface area contributed by atoms with Gasteiger partial charge < -0.3 is 22.1 Å². The van der Waals surface area contributed by atoms with Gasteiger partial charge in [0, 0.05) is 5.56 Å². The van der Waals surface area contributed by atoms with Gasteiger partial charge in [-0.2, -0.15) is 0 Å². The van der Waals surface area contributed by atoms with Gasteiger partial charge in [0.05, 0.1) is 10.7 Å². The summed E-state index contributed by atoms with van der Waals surface area (Å²) in [6.45, 7) is -0.825. The monoisotopic (exact) mass is 284 g/mol. The van der Waals surface area contributed by atoms with Crippen LogP contribution in [0.4, 0.5) is 5.69 Å². The average molecular weight is 285 g/mol. The summed E-state index contributed by atoms with van der Waals surface area (Å²) >= 11 is 5.74. The number of rotatable bonds is 5. The Labute approximate surface area is 114 Å². The lowest BCUT2D eigenvalue weighted by atomic mass is 10.1. The molecule has 8 heteroatoms. The van der Waals surface area contributed by atoms with Crippen molar-refractivity contribution in [3.63, 3.8) is 0 Å². The Morgan fingerprint density at radius 1 is 1.11 bits per heavy atom. The van der Waals surface area contributed by atoms with Crippen molar-refractivity contribution in [2.45, 2.75) is 0 Å². The Morgan fingerprint density at radius 3 is 2.05 bits per heavy atom. The normalized spacial score (nSPS) is 9.95. The summed E-state index contributed by atoms with van der Waals surface area (Å²) in [5, 5.41) is 0.299. The fourth-order valence-corrected chi connectivity index (χ4v) is 1.55. The molecule has 0 unspecified atom stereocenters. The van der Waals surface area contributed by atoms with E-state index in [1.54, 1.807) is 0 Å². The number of nitrogens with zero attached hydrogens (tertiary/aromatic N) is 1. The van der Waals surface area contributed by atoms with Crippen LogP contribution in [0.2, 0.25) is 5.02 Å². The lowest BCUT2D eigenvalue weighted by Crippen LogP contribution is -2.43. The molecule has 0 saturated heterocycles. The SMILES string of the molecule is NC(=O)CN(CC(N)=O)C(=O)c1ccc(Cl)c(N)c1. The van der Waals surface area contributed by atoms with E-state index in [1.807, 2.05) is 0 Å². The number of anilines is 1. The molecule has 19 heavy (non-hydrogen) atoms. The van der Waals surface area contributed by atoms with Crippen molar-refractivity contribution in [2.24, 2.45) is 11.5 Å². The molecule has 0 spiro atoms. The second-order valence-electron chi connectivity index (χ2n) is 3.83. The standard InChI is InChI=1S/C11H13ClN4O3/c12-7-2-1-6(3-8(7)13)11(19)16(4-9(14)17)5-10(15)18/h1-3H,4-5,13H2,(H2,14,17)(H2,15,18). The fourth-order valence-electron chi connectivity index (χ4n) is 1.44. The van der Waals surface area contributed by atoms with Crippen molar-refractivity contribution in [1.29, 1.82) is 0 Å². The summed E-state index contributed by atoms with van der Waals surface area (Å²) in [6.07, 6.45) is 0. The number of nitrogen functional groups attached to an aromatic ring is 1. The molecule has 0 aromatic heterocycles. The van der Waals surface area contributed by atoms with Crippen LogP contribution in [0.25, 0.3) is 0 Å². The molecule has 1 aromatic carbocycles. The first-order valence-electron chi connectivity index (χ1n) is 5.22. The highest BCUT2D eigenvalue weighted by molar-refractivity contribution is 6.33. The Kier molecular flexibility index (Phi) is 4.71. The van der Waals surface area contributed by atoms with Crippen LogP contribution in [-0.4, -0.2) is 35.7 Å². The van der Waals surface area contributed by atoms with Crippen LogP contribution in [0.5, 0.6) is 0 Å². The van der Waals surface area contributed by atoms with Gasteiger partial charge in [-0.1, -0.05) is 11.6 Å². The largest absolute Gasteiger partial charge is 0.398 e. The molecule has 102 valence electrons. The van der Waals surface area contributed by atoms with Crippen molar-refractivity contribution in [3.8, 4) is 0 Å². The molecule has 0 atom stereocenters. The van der Waals surface area contributed by atoms with Crippen molar-refractivity contribution in [2.75, 3.05) is 18.8 Å². The maximum Gasteiger partial charge on any atom is 0.254 e. The number of carbonyl (C=O) groups excluding carboxylic acids is 3. The number of benzene rings is 1. The first-order valence-corrected chi connectivity index (χ1v) is 5.60. The van der Waals surface area contributed by atoms with Crippen LogP contribution in [0.1, 0.15) is 10.4 Å². The summed E-state index contributed by atoms with van der Waals surface area (Å²) in [7, 11) is 0. The average Bonchev–Trinajstić information content (AvgIpc) is 2.29. The van der Waals surface area contributed by atoms with Gasteiger partial charge in [-0.25, -0.2) is 0 Å². The second-order valence-corrected chi connectivity index (χ2v) is 4.24. The van der Waals surface area contributed by atoms with Gasteiger partial charge in [0.1, 0.15) is 13.1 Å². The van der Waals surface area contributed by atoms with Gasteiger partial charge in [-0.3, -0.25) is 14.4 Å². The van der Waals surface area contributed by atoms with Crippen LogP contribution in [-0.2, 0) is 9.59 Å². The Hall–Kier alpha value is -2.28. The summed E-state index contributed by atoms with van der Waals surface area (Å²) in [5.41, 5.74) is 16.0. The third-order valence-electron chi connectivity index (χ3n) is 2.22. The highest BCUT2D eigenvalue weighted by Crippen LogP contribution is 2.20. The molecular formula is C11H13ClN4O3. The van der Waals surface area contributed by atoms with Crippen LogP contribution in [0.15, 0.2) is 18.2 Å². The predicted octanol–water partition coefficient (Wildman–Crippen LogP) is -0.665. The maximum atomic E-state index is 12.1. The van der Waals surface area contributed by atoms with Gasteiger partial charge >= 0.3 is 0 Å². The zero-order valence-corrected chi connectivity index (χ0v) is 10.7. The number of amides is 3. The maximum absolute atomic E-state index is 12.1. The number of nitrogens with two attached hydrogens (primary N) is 3. The second kappa shape index (κ2) is 6.05. The van der Waals surface area contributed by atoms with Crippen molar-refractivity contribution < 1.29 is 14.4 Å². The molecule has 0 radical (unpaired) electrons. The minimum absolute atomic E-state index is 0.185. The number of primary amides is 2. The Balaban J connectivity index is 3.00. The van der Waals surface area contributed by atoms with Crippen molar-refractivity contribution in [1.82, 2.24) is 4.90 Å². The zero-order chi connectivity index (χ0) is 14.6. The van der Waals surface area contributed by atoms with E-state index in [0.29, 0.717) is 5.02 Å². The molecule has 0 saturated carbocycles. The molecule has 1 rings (SSSR count). The molecule has 0 fully saturated rings. The van der Waals surface area contributed by atoms with Gasteiger partial charge in [0.2, 0.25) is 11.8 Å². The molecule has 0 aliphatic heterocycles. The third kappa shape index (κ3) is 4.14. The van der Waals surface area contributed by atoms with E-state index in [1.165, 1.54) is 18.2 Å². The van der Waals surface area contributed by atoms with Gasteiger partial charge in [-0.05, 0) is 18.2 Å². The van der Waals surface area contributed by atoms with Crippen LogP contribution < -0.4 is 17.2 Å². The number of hydrogen-bond acceptors (Lipinski definition) is 4. The highest BCUT2D eigenvalue weighted by atomic mass is 35.5. The minimum atomic E-state index is -0.753. The molecule has 0 aliphatic carbocycles. The lowest BCUT2D eigenvalue weighted by molar-refractivity contribution is -0.121. The molecule has 7 nitrogen and oxygen atoms in total. The number of halogens is 1. The molecular weight excluding hydrogens is 272 g/mol. The van der Waals surface area contributed by atoms with E-state index >= 15 is 0 Å². The summed E-state index contributed by atoms with van der Waals surface area (Å²) in [4.78, 5) is 34.8. The lowest BCUT2D eigenvalue weighted by Gasteiger charge is -2.19. The quantitative estimate of drug-likeness (QED) is 0.619. The summed E-state index contributed by atoms with van der Waals surface area (Å²) in [5.74, 6) is -2.09. The van der Waals surface area contributed by atoms with Crippen LogP contribution in [0.3, 0.4) is 0 Å². The van der Waals surface area contributed by atoms with E-state index in [4.69, 9.17) is 28.8 Å². The fraction of sp³-hybridized carbons (Fsp3) is 0.182. The first kappa shape index (κ1) is 14.8. The van der Waals surface area contributed by atoms with Crippen molar-refractivity contribution in [3.05, 3.63) is 28.8 Å². The van der Waals surface area contributed by atoms with Gasteiger partial charge in [-0.15, -0.1) is 0 Å². The Morgan fingerprint density at radius 2 is 1.63 bits per heavy atom. The predicted molar refractivity (Wildman–Crippen MR) is 70.2 cm³/mol. The summed E-state index contributed by atoms with van der Waals surface area (Å²) < 4.78 is 0.